The fourth-order valence-corrected chi connectivity index (χ4v) is 4.27. The zero-order valence-electron chi connectivity index (χ0n) is 10.8. The molecule has 2 nitrogen and oxygen atoms in total. The Morgan fingerprint density at radius 2 is 2.25 bits per heavy atom. The van der Waals surface area contributed by atoms with Crippen LogP contribution in [0.15, 0.2) is 42.7 Å². The molecular formula is C16H13ClN2S. The second-order valence-electron chi connectivity index (χ2n) is 5.07. The first-order chi connectivity index (χ1) is 9.81. The molecule has 0 fully saturated rings. The van der Waals surface area contributed by atoms with Crippen LogP contribution in [0.1, 0.15) is 22.9 Å². The monoisotopic (exact) mass is 300 g/mol. The smallest absolute Gasteiger partial charge is 0.0934 e. The summed E-state index contributed by atoms with van der Waals surface area (Å²) in [7, 11) is 0. The lowest BCUT2D eigenvalue weighted by Crippen LogP contribution is -2.06. The Balaban J connectivity index is 1.72. The number of nitrogens with one attached hydrogen (secondary N) is 1. The van der Waals surface area contributed by atoms with Gasteiger partial charge in [0.1, 0.15) is 0 Å². The van der Waals surface area contributed by atoms with Gasteiger partial charge in [0.05, 0.1) is 10.4 Å². The number of fused-ring (bicyclic) bond motifs is 2. The number of aryl methyl sites for hydroxylation is 1. The van der Waals surface area contributed by atoms with Crippen LogP contribution in [0.2, 0.25) is 4.34 Å². The first-order valence-corrected chi connectivity index (χ1v) is 7.88. The maximum Gasteiger partial charge on any atom is 0.0934 e. The van der Waals surface area contributed by atoms with Crippen LogP contribution < -0.4 is 5.32 Å². The van der Waals surface area contributed by atoms with Crippen molar-refractivity contribution >= 4 is 39.4 Å². The predicted molar refractivity (Wildman–Crippen MR) is 85.8 cm³/mol. The van der Waals surface area contributed by atoms with Gasteiger partial charge in [0.2, 0.25) is 0 Å². The molecule has 0 aliphatic heterocycles. The van der Waals surface area contributed by atoms with E-state index in [4.69, 9.17) is 11.6 Å². The second kappa shape index (κ2) is 4.76. The third-order valence-electron chi connectivity index (χ3n) is 3.86. The van der Waals surface area contributed by atoms with Crippen LogP contribution in [0, 0.1) is 0 Å². The number of aromatic nitrogens is 1. The highest BCUT2D eigenvalue weighted by atomic mass is 35.5. The summed E-state index contributed by atoms with van der Waals surface area (Å²) in [5.41, 5.74) is 2.54. The molecule has 0 bridgehead atoms. The molecule has 1 atom stereocenters. The molecule has 3 aromatic rings. The van der Waals surface area contributed by atoms with Crippen molar-refractivity contribution in [2.45, 2.75) is 18.9 Å². The molecule has 1 unspecified atom stereocenters. The van der Waals surface area contributed by atoms with E-state index in [9.17, 15) is 0 Å². The van der Waals surface area contributed by atoms with Gasteiger partial charge in [-0.05, 0) is 36.6 Å². The van der Waals surface area contributed by atoms with Crippen LogP contribution in [0.3, 0.4) is 0 Å². The number of benzene rings is 1. The molecule has 0 saturated heterocycles. The predicted octanol–water partition coefficient (Wildman–Crippen LogP) is 5.05. The Kier molecular flexibility index (Phi) is 2.90. The SMILES string of the molecule is Clc1cc2c(s1)CCC2Nc1cccc2cnccc12. The summed E-state index contributed by atoms with van der Waals surface area (Å²) in [6.07, 6.45) is 6.01. The molecule has 4 heteroatoms. The fraction of sp³-hybridized carbons (Fsp3) is 0.188. The molecule has 100 valence electrons. The van der Waals surface area contributed by atoms with Gasteiger partial charge >= 0.3 is 0 Å². The van der Waals surface area contributed by atoms with Crippen LogP contribution in [-0.4, -0.2) is 4.98 Å². The van der Waals surface area contributed by atoms with Gasteiger partial charge in [-0.3, -0.25) is 4.98 Å². The summed E-state index contributed by atoms with van der Waals surface area (Å²) < 4.78 is 0.892. The number of thiophene rings is 1. The van der Waals surface area contributed by atoms with E-state index in [0.29, 0.717) is 6.04 Å². The number of halogens is 1. The normalized spacial score (nSPS) is 17.4. The van der Waals surface area contributed by atoms with E-state index in [1.54, 1.807) is 11.3 Å². The summed E-state index contributed by atoms with van der Waals surface area (Å²) in [6, 6.07) is 10.8. The zero-order chi connectivity index (χ0) is 13.5. The minimum Gasteiger partial charge on any atom is -0.378 e. The van der Waals surface area contributed by atoms with Crippen molar-refractivity contribution in [1.29, 1.82) is 0 Å². The molecule has 1 aliphatic rings. The first kappa shape index (κ1) is 12.2. The molecule has 2 aromatic heterocycles. The maximum absolute atomic E-state index is 6.12. The van der Waals surface area contributed by atoms with Crippen molar-refractivity contribution in [3.8, 4) is 0 Å². The number of nitrogens with zero attached hydrogens (tertiary/aromatic N) is 1. The Labute approximate surface area is 126 Å². The summed E-state index contributed by atoms with van der Waals surface area (Å²) in [6.45, 7) is 0. The molecule has 0 saturated carbocycles. The maximum atomic E-state index is 6.12. The molecule has 1 N–H and O–H groups in total. The van der Waals surface area contributed by atoms with Crippen LogP contribution in [0.4, 0.5) is 5.69 Å². The average Bonchev–Trinajstić information content (AvgIpc) is 3.00. The number of rotatable bonds is 2. The minimum atomic E-state index is 0.368. The Morgan fingerprint density at radius 3 is 3.20 bits per heavy atom. The molecule has 1 aromatic carbocycles. The number of hydrogen-bond donors (Lipinski definition) is 1. The van der Waals surface area contributed by atoms with Crippen LogP contribution >= 0.6 is 22.9 Å². The number of hydrogen-bond acceptors (Lipinski definition) is 3. The van der Waals surface area contributed by atoms with Crippen molar-refractivity contribution in [2.75, 3.05) is 5.32 Å². The Bertz CT molecular complexity index is 776. The summed E-state index contributed by atoms with van der Waals surface area (Å²) in [5.74, 6) is 0. The van der Waals surface area contributed by atoms with Gasteiger partial charge in [-0.1, -0.05) is 23.7 Å². The van der Waals surface area contributed by atoms with Crippen LogP contribution in [-0.2, 0) is 6.42 Å². The third-order valence-corrected chi connectivity index (χ3v) is 5.20. The standard InChI is InChI=1S/C16H13ClN2S/c17-16-8-12-14(4-5-15(12)20-16)19-13-3-1-2-10-9-18-7-6-11(10)13/h1-3,6-9,14,19H,4-5H2. The Morgan fingerprint density at radius 1 is 1.30 bits per heavy atom. The molecule has 2 heterocycles. The van der Waals surface area contributed by atoms with Gasteiger partial charge in [-0.15, -0.1) is 11.3 Å². The molecular weight excluding hydrogens is 288 g/mol. The van der Waals surface area contributed by atoms with Gasteiger partial charge in [0.25, 0.3) is 0 Å². The van der Waals surface area contributed by atoms with E-state index in [1.807, 2.05) is 12.4 Å². The van der Waals surface area contributed by atoms with Crippen LogP contribution in [0.25, 0.3) is 10.8 Å². The Hall–Kier alpha value is -1.58. The van der Waals surface area contributed by atoms with Gasteiger partial charge in [0, 0.05) is 33.7 Å². The van der Waals surface area contributed by atoms with E-state index in [2.05, 4.69) is 40.6 Å². The highest BCUT2D eigenvalue weighted by molar-refractivity contribution is 7.16. The van der Waals surface area contributed by atoms with E-state index >= 15 is 0 Å². The van der Waals surface area contributed by atoms with Gasteiger partial charge in [-0.2, -0.15) is 0 Å². The second-order valence-corrected chi connectivity index (χ2v) is 6.84. The van der Waals surface area contributed by atoms with E-state index in [0.717, 1.165) is 17.2 Å². The fourth-order valence-electron chi connectivity index (χ4n) is 2.92. The van der Waals surface area contributed by atoms with E-state index < -0.39 is 0 Å². The van der Waals surface area contributed by atoms with Crippen LogP contribution in [0.5, 0.6) is 0 Å². The largest absolute Gasteiger partial charge is 0.378 e. The van der Waals surface area contributed by atoms with Gasteiger partial charge < -0.3 is 5.32 Å². The van der Waals surface area contributed by atoms with E-state index in [1.165, 1.54) is 26.9 Å². The average molecular weight is 301 g/mol. The first-order valence-electron chi connectivity index (χ1n) is 6.68. The number of anilines is 1. The third kappa shape index (κ3) is 1.98. The lowest BCUT2D eigenvalue weighted by molar-refractivity contribution is 0.763. The highest BCUT2D eigenvalue weighted by Crippen LogP contribution is 2.41. The summed E-state index contributed by atoms with van der Waals surface area (Å²) in [5, 5.41) is 6.06. The quantitative estimate of drug-likeness (QED) is 0.716. The lowest BCUT2D eigenvalue weighted by Gasteiger charge is -2.16. The molecule has 0 amide bonds. The molecule has 1 aliphatic carbocycles. The van der Waals surface area contributed by atoms with Crippen molar-refractivity contribution in [1.82, 2.24) is 4.98 Å². The minimum absolute atomic E-state index is 0.368. The zero-order valence-corrected chi connectivity index (χ0v) is 12.3. The summed E-state index contributed by atoms with van der Waals surface area (Å²) in [4.78, 5) is 5.61. The van der Waals surface area contributed by atoms with Crippen molar-refractivity contribution < 1.29 is 0 Å². The van der Waals surface area contributed by atoms with Gasteiger partial charge in [-0.25, -0.2) is 0 Å². The van der Waals surface area contributed by atoms with Crippen molar-refractivity contribution in [3.63, 3.8) is 0 Å². The van der Waals surface area contributed by atoms with E-state index in [-0.39, 0.29) is 0 Å². The topological polar surface area (TPSA) is 24.9 Å². The van der Waals surface area contributed by atoms with Crippen molar-refractivity contribution in [2.24, 2.45) is 0 Å². The molecule has 0 spiro atoms. The van der Waals surface area contributed by atoms with Gasteiger partial charge in [0.15, 0.2) is 0 Å². The molecule has 0 radical (unpaired) electrons. The van der Waals surface area contributed by atoms with Crippen molar-refractivity contribution in [3.05, 3.63) is 57.5 Å². The number of pyridine rings is 1. The molecule has 4 rings (SSSR count). The highest BCUT2D eigenvalue weighted by Gasteiger charge is 2.25. The molecule has 20 heavy (non-hydrogen) atoms. The summed E-state index contributed by atoms with van der Waals surface area (Å²) >= 11 is 7.83. The lowest BCUT2D eigenvalue weighted by atomic mass is 10.1.